The summed E-state index contributed by atoms with van der Waals surface area (Å²) >= 11 is 0. The van der Waals surface area contributed by atoms with E-state index in [9.17, 15) is 4.79 Å². The number of ether oxygens (including phenoxy) is 2. The van der Waals surface area contributed by atoms with Gasteiger partial charge in [0.2, 0.25) is 0 Å². The third-order valence-corrected chi connectivity index (χ3v) is 3.33. The van der Waals surface area contributed by atoms with Gasteiger partial charge in [-0.2, -0.15) is 0 Å². The van der Waals surface area contributed by atoms with Crippen LogP contribution in [0.15, 0.2) is 0 Å². The maximum Gasteiger partial charge on any atom is 0.407 e. The van der Waals surface area contributed by atoms with E-state index < -0.39 is 5.60 Å². The van der Waals surface area contributed by atoms with Crippen LogP contribution in [0.1, 0.15) is 47.0 Å². The quantitative estimate of drug-likeness (QED) is 0.719. The standard InChI is InChI=1S/C15H30N2O3/c1-11(8-9-19-5)16-10-13(12-6-7-12)17-14(18)20-15(2,3)4/h11-13,16H,6-10H2,1-5H3,(H,17,18). The predicted molar refractivity (Wildman–Crippen MR) is 79.8 cm³/mol. The van der Waals surface area contributed by atoms with Crippen molar-refractivity contribution in [3.8, 4) is 0 Å². The van der Waals surface area contributed by atoms with Crippen molar-refractivity contribution in [2.45, 2.75) is 64.6 Å². The Hall–Kier alpha value is -0.810. The molecule has 0 radical (unpaired) electrons. The van der Waals surface area contributed by atoms with Gasteiger partial charge < -0.3 is 20.1 Å². The van der Waals surface area contributed by atoms with E-state index in [0.29, 0.717) is 12.0 Å². The van der Waals surface area contributed by atoms with Crippen molar-refractivity contribution in [1.29, 1.82) is 0 Å². The molecule has 2 atom stereocenters. The van der Waals surface area contributed by atoms with Gasteiger partial charge in [-0.05, 0) is 52.9 Å². The third-order valence-electron chi connectivity index (χ3n) is 3.33. The average Bonchev–Trinajstić information content (AvgIpc) is 3.13. The zero-order valence-corrected chi connectivity index (χ0v) is 13.5. The molecule has 2 N–H and O–H groups in total. The number of amides is 1. The van der Waals surface area contributed by atoms with Crippen molar-refractivity contribution in [2.75, 3.05) is 20.3 Å². The van der Waals surface area contributed by atoms with Crippen LogP contribution in [-0.2, 0) is 9.47 Å². The maximum absolute atomic E-state index is 11.8. The number of alkyl carbamates (subject to hydrolysis) is 1. The smallest absolute Gasteiger partial charge is 0.407 e. The van der Waals surface area contributed by atoms with Gasteiger partial charge in [-0.25, -0.2) is 4.79 Å². The lowest BCUT2D eigenvalue weighted by molar-refractivity contribution is 0.0496. The fraction of sp³-hybridized carbons (Fsp3) is 0.933. The predicted octanol–water partition coefficient (Wildman–Crippen LogP) is 2.30. The highest BCUT2D eigenvalue weighted by Gasteiger charge is 2.33. The van der Waals surface area contributed by atoms with Crippen LogP contribution in [0.3, 0.4) is 0 Å². The number of hydrogen-bond acceptors (Lipinski definition) is 4. The van der Waals surface area contributed by atoms with Gasteiger partial charge in [-0.3, -0.25) is 0 Å². The summed E-state index contributed by atoms with van der Waals surface area (Å²) in [6.07, 6.45) is 3.03. The normalized spacial score (nSPS) is 18.4. The van der Waals surface area contributed by atoms with Gasteiger partial charge >= 0.3 is 6.09 Å². The van der Waals surface area contributed by atoms with Gasteiger partial charge in [0.05, 0.1) is 0 Å². The van der Waals surface area contributed by atoms with Crippen molar-refractivity contribution in [2.24, 2.45) is 5.92 Å². The Kier molecular flexibility index (Phi) is 6.76. The second-order valence-corrected chi connectivity index (χ2v) is 6.68. The summed E-state index contributed by atoms with van der Waals surface area (Å²) in [4.78, 5) is 11.8. The average molecular weight is 286 g/mol. The van der Waals surface area contributed by atoms with Gasteiger partial charge in [0.15, 0.2) is 0 Å². The first kappa shape index (κ1) is 17.2. The monoisotopic (exact) mass is 286 g/mol. The molecule has 1 aliphatic carbocycles. The van der Waals surface area contributed by atoms with Gasteiger partial charge in [0.25, 0.3) is 0 Å². The molecule has 5 heteroatoms. The Bertz CT molecular complexity index is 298. The molecular weight excluding hydrogens is 256 g/mol. The molecule has 1 fully saturated rings. The van der Waals surface area contributed by atoms with E-state index in [1.807, 2.05) is 20.8 Å². The molecule has 20 heavy (non-hydrogen) atoms. The summed E-state index contributed by atoms with van der Waals surface area (Å²) in [5.41, 5.74) is -0.447. The van der Waals surface area contributed by atoms with E-state index in [-0.39, 0.29) is 12.1 Å². The Morgan fingerprint density at radius 1 is 1.35 bits per heavy atom. The fourth-order valence-electron chi connectivity index (χ4n) is 2.02. The highest BCUT2D eigenvalue weighted by molar-refractivity contribution is 5.68. The summed E-state index contributed by atoms with van der Waals surface area (Å²) in [5.74, 6) is 0.588. The third kappa shape index (κ3) is 7.70. The molecule has 0 saturated heterocycles. The van der Waals surface area contributed by atoms with E-state index >= 15 is 0 Å². The molecule has 1 amide bonds. The molecule has 0 bridgehead atoms. The zero-order valence-electron chi connectivity index (χ0n) is 13.5. The lowest BCUT2D eigenvalue weighted by atomic mass is 10.1. The summed E-state index contributed by atoms with van der Waals surface area (Å²) in [7, 11) is 1.71. The zero-order chi connectivity index (χ0) is 15.2. The molecule has 0 aromatic carbocycles. The molecule has 0 aromatic rings. The van der Waals surface area contributed by atoms with Crippen molar-refractivity contribution in [1.82, 2.24) is 10.6 Å². The largest absolute Gasteiger partial charge is 0.444 e. The first-order chi connectivity index (χ1) is 9.31. The van der Waals surface area contributed by atoms with Crippen LogP contribution >= 0.6 is 0 Å². The number of carbonyl (C=O) groups excluding carboxylic acids is 1. The molecular formula is C15H30N2O3. The van der Waals surface area contributed by atoms with Gasteiger partial charge in [0, 0.05) is 32.3 Å². The maximum atomic E-state index is 11.8. The molecule has 0 heterocycles. The van der Waals surface area contributed by atoms with Gasteiger partial charge in [-0.1, -0.05) is 0 Å². The summed E-state index contributed by atoms with van der Waals surface area (Å²) in [5, 5.41) is 6.45. The van der Waals surface area contributed by atoms with E-state index in [4.69, 9.17) is 9.47 Å². The van der Waals surface area contributed by atoms with Crippen LogP contribution < -0.4 is 10.6 Å². The fourth-order valence-corrected chi connectivity index (χ4v) is 2.02. The van der Waals surface area contributed by atoms with Crippen LogP contribution in [0.25, 0.3) is 0 Å². The minimum Gasteiger partial charge on any atom is -0.444 e. The Balaban J connectivity index is 2.32. The van der Waals surface area contributed by atoms with Gasteiger partial charge in [-0.15, -0.1) is 0 Å². The molecule has 0 aliphatic heterocycles. The van der Waals surface area contributed by atoms with Gasteiger partial charge in [0.1, 0.15) is 5.60 Å². The highest BCUT2D eigenvalue weighted by Crippen LogP contribution is 2.32. The second-order valence-electron chi connectivity index (χ2n) is 6.68. The lowest BCUT2D eigenvalue weighted by Gasteiger charge is -2.25. The molecule has 2 unspecified atom stereocenters. The van der Waals surface area contributed by atoms with Crippen molar-refractivity contribution >= 4 is 6.09 Å². The SMILES string of the molecule is COCCC(C)NCC(NC(=O)OC(C)(C)C)C1CC1. The van der Waals surface area contributed by atoms with Crippen molar-refractivity contribution in [3.05, 3.63) is 0 Å². The van der Waals surface area contributed by atoms with E-state index in [1.165, 1.54) is 12.8 Å². The topological polar surface area (TPSA) is 59.6 Å². The second kappa shape index (κ2) is 7.84. The van der Waals surface area contributed by atoms with Crippen LogP contribution in [0.5, 0.6) is 0 Å². The number of methoxy groups -OCH3 is 1. The van der Waals surface area contributed by atoms with Crippen molar-refractivity contribution < 1.29 is 14.3 Å². The Morgan fingerprint density at radius 2 is 2.00 bits per heavy atom. The van der Waals surface area contributed by atoms with Crippen molar-refractivity contribution in [3.63, 3.8) is 0 Å². The molecule has 1 aliphatic rings. The number of carbonyl (C=O) groups is 1. The van der Waals surface area contributed by atoms with Crippen LogP contribution in [-0.4, -0.2) is 44.0 Å². The molecule has 5 nitrogen and oxygen atoms in total. The lowest BCUT2D eigenvalue weighted by Crippen LogP contribution is -2.47. The van der Waals surface area contributed by atoms with E-state index in [2.05, 4.69) is 17.6 Å². The molecule has 0 spiro atoms. The summed E-state index contributed by atoms with van der Waals surface area (Å²) < 4.78 is 10.4. The minimum absolute atomic E-state index is 0.162. The first-order valence-electron chi connectivity index (χ1n) is 7.53. The van der Waals surface area contributed by atoms with E-state index in [0.717, 1.165) is 19.6 Å². The highest BCUT2D eigenvalue weighted by atomic mass is 16.6. The Labute approximate surface area is 122 Å². The van der Waals surface area contributed by atoms with Crippen LogP contribution in [0, 0.1) is 5.92 Å². The number of hydrogen-bond donors (Lipinski definition) is 2. The molecule has 1 rings (SSSR count). The molecule has 0 aromatic heterocycles. The minimum atomic E-state index is -0.447. The Morgan fingerprint density at radius 3 is 2.50 bits per heavy atom. The van der Waals surface area contributed by atoms with Crippen LogP contribution in [0.2, 0.25) is 0 Å². The molecule has 1 saturated carbocycles. The number of rotatable bonds is 8. The van der Waals surface area contributed by atoms with Crippen LogP contribution in [0.4, 0.5) is 4.79 Å². The summed E-state index contributed by atoms with van der Waals surface area (Å²) in [6, 6.07) is 0.548. The molecule has 118 valence electrons. The number of nitrogens with one attached hydrogen (secondary N) is 2. The van der Waals surface area contributed by atoms with E-state index in [1.54, 1.807) is 7.11 Å². The first-order valence-corrected chi connectivity index (χ1v) is 7.53. The summed E-state index contributed by atoms with van der Waals surface area (Å²) in [6.45, 7) is 9.31.